The van der Waals surface area contributed by atoms with E-state index in [9.17, 15) is 4.79 Å². The van der Waals surface area contributed by atoms with E-state index in [4.69, 9.17) is 4.52 Å². The van der Waals surface area contributed by atoms with Crippen molar-refractivity contribution in [1.82, 2.24) is 20.4 Å². The molecule has 0 bridgehead atoms. The van der Waals surface area contributed by atoms with Crippen LogP contribution >= 0.6 is 0 Å². The Morgan fingerprint density at radius 3 is 2.81 bits per heavy atom. The topological polar surface area (TPSA) is 71.3 Å². The van der Waals surface area contributed by atoms with Crippen LogP contribution in [-0.2, 0) is 6.54 Å². The third-order valence-electron chi connectivity index (χ3n) is 4.24. The molecule has 1 heterocycles. The van der Waals surface area contributed by atoms with Crippen molar-refractivity contribution in [3.05, 3.63) is 11.7 Å². The van der Waals surface area contributed by atoms with E-state index in [1.807, 2.05) is 6.92 Å². The lowest BCUT2D eigenvalue weighted by Crippen LogP contribution is -2.41. The van der Waals surface area contributed by atoms with E-state index in [2.05, 4.69) is 29.3 Å². The molecule has 21 heavy (non-hydrogen) atoms. The zero-order valence-corrected chi connectivity index (χ0v) is 13.3. The molecule has 1 N–H and O–H groups in total. The van der Waals surface area contributed by atoms with Gasteiger partial charge in [0.25, 0.3) is 0 Å². The second-order valence-electron chi connectivity index (χ2n) is 5.89. The third kappa shape index (κ3) is 4.19. The normalized spacial score (nSPS) is 16.3. The number of urea groups is 1. The van der Waals surface area contributed by atoms with Crippen molar-refractivity contribution in [2.24, 2.45) is 5.92 Å². The van der Waals surface area contributed by atoms with Crippen LogP contribution < -0.4 is 5.32 Å². The number of amides is 2. The van der Waals surface area contributed by atoms with Crippen molar-refractivity contribution in [2.75, 3.05) is 13.1 Å². The summed E-state index contributed by atoms with van der Waals surface area (Å²) in [7, 11) is 0. The van der Waals surface area contributed by atoms with Crippen molar-refractivity contribution in [3.63, 3.8) is 0 Å². The molecule has 2 amide bonds. The summed E-state index contributed by atoms with van der Waals surface area (Å²) >= 11 is 0. The van der Waals surface area contributed by atoms with E-state index >= 15 is 0 Å². The van der Waals surface area contributed by atoms with Gasteiger partial charge in [-0.15, -0.1) is 0 Å². The number of rotatable bonds is 7. The molecule has 6 heteroatoms. The minimum atomic E-state index is -0.0622. The predicted molar refractivity (Wildman–Crippen MR) is 79.8 cm³/mol. The molecular weight excluding hydrogens is 268 g/mol. The summed E-state index contributed by atoms with van der Waals surface area (Å²) in [6.45, 7) is 7.93. The van der Waals surface area contributed by atoms with Crippen LogP contribution in [0.3, 0.4) is 0 Å². The standard InChI is InChI=1S/C15H26N4O2/c1-4-11(3)9-16-15(20)19(5-2)10-13-17-14(21-18-13)12-7-6-8-12/h11-12H,4-10H2,1-3H3,(H,16,20). The van der Waals surface area contributed by atoms with Gasteiger partial charge in [-0.25, -0.2) is 4.79 Å². The van der Waals surface area contributed by atoms with Crippen molar-refractivity contribution in [1.29, 1.82) is 0 Å². The molecule has 1 aliphatic rings. The molecule has 1 unspecified atom stereocenters. The summed E-state index contributed by atoms with van der Waals surface area (Å²) in [4.78, 5) is 18.3. The van der Waals surface area contributed by atoms with Crippen LogP contribution in [0.2, 0.25) is 0 Å². The fourth-order valence-corrected chi connectivity index (χ4v) is 2.17. The van der Waals surface area contributed by atoms with Gasteiger partial charge in [0.1, 0.15) is 0 Å². The van der Waals surface area contributed by atoms with Crippen molar-refractivity contribution in [3.8, 4) is 0 Å². The van der Waals surface area contributed by atoms with Gasteiger partial charge >= 0.3 is 6.03 Å². The largest absolute Gasteiger partial charge is 0.339 e. The molecule has 118 valence electrons. The molecular formula is C15H26N4O2. The second kappa shape index (κ2) is 7.43. The van der Waals surface area contributed by atoms with Crippen molar-refractivity contribution >= 4 is 6.03 Å². The van der Waals surface area contributed by atoms with Gasteiger partial charge in [0.2, 0.25) is 5.89 Å². The summed E-state index contributed by atoms with van der Waals surface area (Å²) in [5.41, 5.74) is 0. The minimum Gasteiger partial charge on any atom is -0.339 e. The molecule has 2 rings (SSSR count). The van der Waals surface area contributed by atoms with Gasteiger partial charge in [-0.1, -0.05) is 31.8 Å². The molecule has 1 aromatic heterocycles. The molecule has 1 saturated carbocycles. The number of hydrogen-bond donors (Lipinski definition) is 1. The highest BCUT2D eigenvalue weighted by Gasteiger charge is 2.26. The number of carbonyl (C=O) groups excluding carboxylic acids is 1. The smallest absolute Gasteiger partial charge is 0.317 e. The van der Waals surface area contributed by atoms with Crippen LogP contribution in [0.15, 0.2) is 4.52 Å². The van der Waals surface area contributed by atoms with Gasteiger partial charge in [-0.05, 0) is 25.7 Å². The monoisotopic (exact) mass is 294 g/mol. The Balaban J connectivity index is 1.85. The van der Waals surface area contributed by atoms with Gasteiger partial charge in [-0.3, -0.25) is 0 Å². The molecule has 0 aromatic carbocycles. The average molecular weight is 294 g/mol. The molecule has 1 atom stereocenters. The molecule has 0 radical (unpaired) electrons. The van der Waals surface area contributed by atoms with E-state index in [0.29, 0.717) is 37.3 Å². The molecule has 0 saturated heterocycles. The second-order valence-corrected chi connectivity index (χ2v) is 5.89. The first-order valence-corrected chi connectivity index (χ1v) is 7.99. The Morgan fingerprint density at radius 1 is 1.48 bits per heavy atom. The fraction of sp³-hybridized carbons (Fsp3) is 0.800. The van der Waals surface area contributed by atoms with Crippen LogP contribution in [0.25, 0.3) is 0 Å². The highest BCUT2D eigenvalue weighted by Crippen LogP contribution is 2.35. The summed E-state index contributed by atoms with van der Waals surface area (Å²) in [6, 6.07) is -0.0622. The van der Waals surface area contributed by atoms with Gasteiger partial charge in [0.15, 0.2) is 5.82 Å². The number of hydrogen-bond acceptors (Lipinski definition) is 4. The Bertz CT molecular complexity index is 456. The predicted octanol–water partition coefficient (Wildman–Crippen LogP) is 2.91. The lowest BCUT2D eigenvalue weighted by molar-refractivity contribution is 0.194. The van der Waals surface area contributed by atoms with Crippen LogP contribution in [-0.4, -0.2) is 34.2 Å². The van der Waals surface area contributed by atoms with Gasteiger partial charge in [0.05, 0.1) is 6.54 Å². The maximum atomic E-state index is 12.1. The van der Waals surface area contributed by atoms with Gasteiger partial charge in [0, 0.05) is 19.0 Å². The van der Waals surface area contributed by atoms with E-state index in [1.165, 1.54) is 6.42 Å². The van der Waals surface area contributed by atoms with Crippen molar-refractivity contribution in [2.45, 2.75) is 58.9 Å². The molecule has 0 spiro atoms. The Labute approximate surface area is 126 Å². The summed E-state index contributed by atoms with van der Waals surface area (Å²) < 4.78 is 5.29. The summed E-state index contributed by atoms with van der Waals surface area (Å²) in [5.74, 6) is 2.24. The van der Waals surface area contributed by atoms with Gasteiger partial charge in [-0.2, -0.15) is 4.98 Å². The zero-order chi connectivity index (χ0) is 15.2. The highest BCUT2D eigenvalue weighted by molar-refractivity contribution is 5.74. The minimum absolute atomic E-state index is 0.0622. The highest BCUT2D eigenvalue weighted by atomic mass is 16.5. The van der Waals surface area contributed by atoms with E-state index < -0.39 is 0 Å². The first-order valence-electron chi connectivity index (χ1n) is 7.99. The first-order chi connectivity index (χ1) is 10.1. The fourth-order valence-electron chi connectivity index (χ4n) is 2.17. The number of nitrogens with zero attached hydrogens (tertiary/aromatic N) is 3. The molecule has 1 aliphatic carbocycles. The maximum absolute atomic E-state index is 12.1. The molecule has 1 aromatic rings. The molecule has 6 nitrogen and oxygen atoms in total. The SMILES string of the molecule is CCC(C)CNC(=O)N(CC)Cc1noc(C2CCC2)n1. The molecule has 0 aliphatic heterocycles. The third-order valence-corrected chi connectivity index (χ3v) is 4.24. The number of aromatic nitrogens is 2. The summed E-state index contributed by atoms with van der Waals surface area (Å²) in [5, 5.41) is 6.95. The van der Waals surface area contributed by atoms with Crippen LogP contribution in [0, 0.1) is 5.92 Å². The van der Waals surface area contributed by atoms with Crippen molar-refractivity contribution < 1.29 is 9.32 Å². The van der Waals surface area contributed by atoms with Gasteiger partial charge < -0.3 is 14.7 Å². The van der Waals surface area contributed by atoms with Crippen LogP contribution in [0.5, 0.6) is 0 Å². The molecule has 1 fully saturated rings. The number of carbonyl (C=O) groups is 1. The summed E-state index contributed by atoms with van der Waals surface area (Å²) in [6.07, 6.45) is 4.56. The van der Waals surface area contributed by atoms with E-state index in [1.54, 1.807) is 4.90 Å². The Morgan fingerprint density at radius 2 is 2.24 bits per heavy atom. The maximum Gasteiger partial charge on any atom is 0.317 e. The lowest BCUT2D eigenvalue weighted by Gasteiger charge is -2.21. The van der Waals surface area contributed by atoms with Crippen LogP contribution in [0.4, 0.5) is 4.79 Å². The van der Waals surface area contributed by atoms with E-state index in [-0.39, 0.29) is 6.03 Å². The number of nitrogens with one attached hydrogen (secondary N) is 1. The van der Waals surface area contributed by atoms with Crippen LogP contribution in [0.1, 0.15) is 64.1 Å². The average Bonchev–Trinajstić information content (AvgIpc) is 2.87. The first kappa shape index (κ1) is 15.8. The Kier molecular flexibility index (Phi) is 5.59. The lowest BCUT2D eigenvalue weighted by atomic mass is 9.85. The van der Waals surface area contributed by atoms with E-state index in [0.717, 1.165) is 25.2 Å². The zero-order valence-electron chi connectivity index (χ0n) is 13.3. The quantitative estimate of drug-likeness (QED) is 0.839. The Hall–Kier alpha value is -1.59.